The average Bonchev–Trinajstić information content (AvgIpc) is 3.61. The summed E-state index contributed by atoms with van der Waals surface area (Å²) in [5.74, 6) is -0.624. The molecule has 2 heterocycles. The summed E-state index contributed by atoms with van der Waals surface area (Å²) in [4.78, 5) is 38.4. The molecule has 1 aliphatic heterocycles. The molecule has 0 unspecified atom stereocenters. The number of fused-ring (bicyclic) bond motifs is 1. The number of allylic oxidation sites excluding steroid dienone is 2. The van der Waals surface area contributed by atoms with Gasteiger partial charge in [0.1, 0.15) is 15.7 Å². The summed E-state index contributed by atoms with van der Waals surface area (Å²) >= 11 is 5.20. The zero-order valence-electron chi connectivity index (χ0n) is 25.6. The lowest BCUT2D eigenvalue weighted by Crippen LogP contribution is -2.28. The van der Waals surface area contributed by atoms with Gasteiger partial charge in [0.25, 0.3) is 0 Å². The Kier molecular flexibility index (Phi) is 14.3. The van der Waals surface area contributed by atoms with Gasteiger partial charge in [0, 0.05) is 29.7 Å². The van der Waals surface area contributed by atoms with Crippen LogP contribution in [0.3, 0.4) is 0 Å². The Balaban J connectivity index is 1.13. The molecule has 0 amide bonds. The van der Waals surface area contributed by atoms with Crippen molar-refractivity contribution in [2.75, 3.05) is 13.2 Å². The largest absolute Gasteiger partial charge is 0.494 e. The van der Waals surface area contributed by atoms with Gasteiger partial charge in [-0.2, -0.15) is 0 Å². The Labute approximate surface area is 277 Å². The lowest BCUT2D eigenvalue weighted by Gasteiger charge is -2.25. The number of carbonyl (C=O) groups is 3. The van der Waals surface area contributed by atoms with E-state index >= 15 is 0 Å². The summed E-state index contributed by atoms with van der Waals surface area (Å²) in [5.41, 5.74) is 1.12. The minimum absolute atomic E-state index is 0.0373. The zero-order chi connectivity index (χ0) is 32.0. The second-order valence-electron chi connectivity index (χ2n) is 11.5. The molecule has 1 N–H and O–H groups in total. The highest BCUT2D eigenvalue weighted by molar-refractivity contribution is 7.80. The third-order valence-corrected chi connectivity index (χ3v) is 10.8. The van der Waals surface area contributed by atoms with Crippen LogP contribution in [0.15, 0.2) is 54.6 Å². The second kappa shape index (κ2) is 18.3. The maximum atomic E-state index is 12.7. The third-order valence-electron chi connectivity index (χ3n) is 7.87. The fraction of sp³-hybridized carbons (Fsp3) is 0.529. The van der Waals surface area contributed by atoms with E-state index in [-0.39, 0.29) is 43.4 Å². The van der Waals surface area contributed by atoms with Gasteiger partial charge in [0.2, 0.25) is 0 Å². The predicted molar refractivity (Wildman–Crippen MR) is 178 cm³/mol. The van der Waals surface area contributed by atoms with Gasteiger partial charge in [-0.25, -0.2) is 4.79 Å². The molecule has 1 fully saturated rings. The highest BCUT2D eigenvalue weighted by Crippen LogP contribution is 2.38. The van der Waals surface area contributed by atoms with E-state index in [0.29, 0.717) is 32.3 Å². The van der Waals surface area contributed by atoms with Crippen LogP contribution in [0.25, 0.3) is 10.4 Å². The van der Waals surface area contributed by atoms with E-state index in [0.717, 1.165) is 45.7 Å². The van der Waals surface area contributed by atoms with Gasteiger partial charge >= 0.3 is 17.9 Å². The maximum Gasteiger partial charge on any atom is 0.330 e. The van der Waals surface area contributed by atoms with Gasteiger partial charge in [0.05, 0.1) is 25.4 Å². The molecular weight excluding hydrogens is 633 g/mol. The molecule has 1 saturated carbocycles. The SMILES string of the molecule is C[C@H]1CCC/C=C/[C@@H]2C[C@H](O)C[C@H]2[C@H](OC(=O)CCCC(=O)OCCCCOc2ccc(-c3cc(=S)ss3)cc2)/C=C/C(=O)O1. The van der Waals surface area contributed by atoms with Crippen molar-refractivity contribution in [3.63, 3.8) is 0 Å². The lowest BCUT2D eigenvalue weighted by atomic mass is 9.89. The first-order valence-electron chi connectivity index (χ1n) is 15.7. The normalized spacial score (nSPS) is 25.0. The molecule has 1 aromatic carbocycles. The minimum Gasteiger partial charge on any atom is -0.494 e. The van der Waals surface area contributed by atoms with E-state index in [9.17, 15) is 19.5 Å². The molecule has 1 aliphatic carbocycles. The van der Waals surface area contributed by atoms with Crippen molar-refractivity contribution in [1.82, 2.24) is 0 Å². The molecule has 11 heteroatoms. The van der Waals surface area contributed by atoms with Crippen LogP contribution in [0.4, 0.5) is 0 Å². The van der Waals surface area contributed by atoms with Crippen molar-refractivity contribution in [3.05, 3.63) is 58.5 Å². The molecule has 0 radical (unpaired) electrons. The van der Waals surface area contributed by atoms with Crippen LogP contribution >= 0.6 is 32.9 Å². The number of aliphatic hydroxyl groups excluding tert-OH is 1. The molecule has 45 heavy (non-hydrogen) atoms. The van der Waals surface area contributed by atoms with E-state index in [1.165, 1.54) is 6.08 Å². The first-order valence-corrected chi connectivity index (χ1v) is 18.2. The monoisotopic (exact) mass is 674 g/mol. The highest BCUT2D eigenvalue weighted by Gasteiger charge is 2.38. The van der Waals surface area contributed by atoms with Gasteiger partial charge in [0.15, 0.2) is 0 Å². The maximum absolute atomic E-state index is 12.7. The molecule has 1 aromatic heterocycles. The molecule has 2 aromatic rings. The molecule has 0 saturated heterocycles. The van der Waals surface area contributed by atoms with Crippen LogP contribution in [-0.4, -0.2) is 54.5 Å². The van der Waals surface area contributed by atoms with Crippen LogP contribution in [0.2, 0.25) is 0 Å². The summed E-state index contributed by atoms with van der Waals surface area (Å²) < 4.78 is 23.2. The number of unbranched alkanes of at least 4 members (excludes halogenated alkanes) is 1. The minimum atomic E-state index is -0.679. The molecule has 2 aliphatic rings. The van der Waals surface area contributed by atoms with E-state index in [1.807, 2.05) is 37.3 Å². The number of carbonyl (C=O) groups excluding carboxylic acids is 3. The van der Waals surface area contributed by atoms with Crippen LogP contribution in [0.5, 0.6) is 5.75 Å². The van der Waals surface area contributed by atoms with Crippen LogP contribution in [-0.2, 0) is 28.6 Å². The second-order valence-corrected chi connectivity index (χ2v) is 14.4. The van der Waals surface area contributed by atoms with Crippen molar-refractivity contribution >= 4 is 50.8 Å². The number of hydrogen-bond acceptors (Lipinski definition) is 11. The Morgan fingerprint density at radius 2 is 1.80 bits per heavy atom. The van der Waals surface area contributed by atoms with Crippen LogP contribution in [0.1, 0.15) is 71.1 Å². The highest BCUT2D eigenvalue weighted by atomic mass is 32.9. The first kappa shape index (κ1) is 35.0. The standard InChI is InChI=1S/C34H42O8S3/c1-23-8-3-2-4-9-25-20-26(35)21-28(25)29(16-17-33(38)41-23)42-32(37)11-7-10-31(36)40-19-6-5-18-39-27-14-12-24(13-15-27)30-22-34(43)45-44-30/h4,9,12-17,22-23,25-26,28-29,35H,2-3,5-8,10-11,18-21H2,1H3/b9-4+,17-16+/t23-,25+,26-,28+,29+/m0/s1. The molecule has 244 valence electrons. The summed E-state index contributed by atoms with van der Waals surface area (Å²) in [6.45, 7) is 2.67. The molecule has 0 spiro atoms. The van der Waals surface area contributed by atoms with Gasteiger partial charge < -0.3 is 24.1 Å². The summed E-state index contributed by atoms with van der Waals surface area (Å²) in [6, 6.07) is 9.92. The molecule has 5 atom stereocenters. The topological polar surface area (TPSA) is 108 Å². The molecule has 8 nitrogen and oxygen atoms in total. The van der Waals surface area contributed by atoms with E-state index in [4.69, 9.17) is 31.2 Å². The van der Waals surface area contributed by atoms with Gasteiger partial charge in [-0.1, -0.05) is 45.1 Å². The number of benzene rings is 1. The van der Waals surface area contributed by atoms with E-state index in [1.54, 1.807) is 26.8 Å². The number of esters is 3. The predicted octanol–water partition coefficient (Wildman–Crippen LogP) is 7.61. The molecule has 4 rings (SSSR count). The quantitative estimate of drug-likeness (QED) is 0.0608. The van der Waals surface area contributed by atoms with Gasteiger partial charge in [-0.05, 0) is 106 Å². The third kappa shape index (κ3) is 12.1. The molecule has 0 bridgehead atoms. The van der Waals surface area contributed by atoms with Crippen molar-refractivity contribution in [2.45, 2.75) is 89.4 Å². The van der Waals surface area contributed by atoms with Crippen molar-refractivity contribution in [1.29, 1.82) is 0 Å². The van der Waals surface area contributed by atoms with Gasteiger partial charge in [-0.3, -0.25) is 9.59 Å². The fourth-order valence-electron chi connectivity index (χ4n) is 5.53. The number of aliphatic hydroxyl groups is 1. The van der Waals surface area contributed by atoms with Crippen LogP contribution < -0.4 is 4.74 Å². The molecular formula is C34H42O8S3. The van der Waals surface area contributed by atoms with E-state index < -0.39 is 24.1 Å². The average molecular weight is 675 g/mol. The summed E-state index contributed by atoms with van der Waals surface area (Å²) in [6.07, 6.45) is 11.1. The van der Waals surface area contributed by atoms with E-state index in [2.05, 4.69) is 12.2 Å². The smallest absolute Gasteiger partial charge is 0.330 e. The van der Waals surface area contributed by atoms with Gasteiger partial charge in [-0.15, -0.1) is 0 Å². The van der Waals surface area contributed by atoms with Crippen LogP contribution in [0, 0.1) is 15.7 Å². The van der Waals surface area contributed by atoms with Crippen molar-refractivity contribution < 1.29 is 38.4 Å². The number of rotatable bonds is 12. The summed E-state index contributed by atoms with van der Waals surface area (Å²) in [5, 5.41) is 10.3. The Hall–Kier alpha value is -2.86. The Morgan fingerprint density at radius 1 is 1.02 bits per heavy atom. The van der Waals surface area contributed by atoms with Crippen molar-refractivity contribution in [2.24, 2.45) is 11.8 Å². The first-order chi connectivity index (χ1) is 21.8. The number of hydrogen-bond donors (Lipinski definition) is 1. The van der Waals surface area contributed by atoms with Crippen molar-refractivity contribution in [3.8, 4) is 16.2 Å². The Bertz CT molecular complexity index is 1360. The number of cyclic esters (lactones) is 1. The zero-order valence-corrected chi connectivity index (χ0v) is 28.0. The lowest BCUT2D eigenvalue weighted by molar-refractivity contribution is -0.150. The fourth-order valence-corrected chi connectivity index (χ4v) is 7.94. The summed E-state index contributed by atoms with van der Waals surface area (Å²) in [7, 11) is 3.25. The number of ether oxygens (including phenoxy) is 4. The Morgan fingerprint density at radius 3 is 2.58 bits per heavy atom.